The highest BCUT2D eigenvalue weighted by Gasteiger charge is 2.32. The number of urea groups is 1. The minimum absolute atomic E-state index is 0.0601. The minimum atomic E-state index is 0.0601. The van der Waals surface area contributed by atoms with Gasteiger partial charge in [-0.1, -0.05) is 18.2 Å². The second kappa shape index (κ2) is 9.58. The van der Waals surface area contributed by atoms with Crippen molar-refractivity contribution >= 4 is 11.7 Å². The van der Waals surface area contributed by atoms with E-state index in [1.54, 1.807) is 0 Å². The molecule has 3 heterocycles. The molecular weight excluding hydrogens is 356 g/mol. The summed E-state index contributed by atoms with van der Waals surface area (Å²) in [6.45, 7) is 9.02. The van der Waals surface area contributed by atoms with Gasteiger partial charge in [0.15, 0.2) is 0 Å². The Hall–Kier alpha value is -1.83. The van der Waals surface area contributed by atoms with Crippen molar-refractivity contribution < 1.29 is 14.3 Å². The molecule has 154 valence electrons. The van der Waals surface area contributed by atoms with Gasteiger partial charge in [0.25, 0.3) is 0 Å². The number of carbonyl (C=O) groups excluding carboxylic acids is 1. The Morgan fingerprint density at radius 2 is 1.75 bits per heavy atom. The predicted octanol–water partition coefficient (Wildman–Crippen LogP) is 1.26. The van der Waals surface area contributed by atoms with Crippen molar-refractivity contribution in [2.45, 2.75) is 12.5 Å². The maximum Gasteiger partial charge on any atom is 0.317 e. The maximum atomic E-state index is 12.8. The summed E-state index contributed by atoms with van der Waals surface area (Å²) in [6.07, 6.45) is 1.08. The van der Waals surface area contributed by atoms with E-state index in [-0.39, 0.29) is 6.03 Å². The van der Waals surface area contributed by atoms with Gasteiger partial charge in [-0.05, 0) is 18.6 Å². The first-order valence-corrected chi connectivity index (χ1v) is 10.5. The van der Waals surface area contributed by atoms with Crippen LogP contribution < -0.4 is 10.2 Å². The summed E-state index contributed by atoms with van der Waals surface area (Å²) < 4.78 is 11.1. The molecule has 2 amide bonds. The first-order valence-electron chi connectivity index (χ1n) is 10.5. The van der Waals surface area contributed by atoms with Crippen molar-refractivity contribution in [2.75, 3.05) is 77.1 Å². The van der Waals surface area contributed by atoms with Crippen LogP contribution in [0, 0.1) is 5.92 Å². The van der Waals surface area contributed by atoms with Gasteiger partial charge in [0, 0.05) is 70.1 Å². The van der Waals surface area contributed by atoms with Crippen molar-refractivity contribution in [3.8, 4) is 0 Å². The molecule has 3 saturated heterocycles. The fourth-order valence-corrected chi connectivity index (χ4v) is 4.47. The highest BCUT2D eigenvalue weighted by Crippen LogP contribution is 2.22. The molecule has 2 atom stereocenters. The lowest BCUT2D eigenvalue weighted by molar-refractivity contribution is 0.00185. The quantitative estimate of drug-likeness (QED) is 0.823. The number of anilines is 1. The fraction of sp³-hybridized carbons (Fsp3) is 0.667. The van der Waals surface area contributed by atoms with E-state index in [1.807, 2.05) is 11.0 Å². The van der Waals surface area contributed by atoms with Crippen molar-refractivity contribution in [2.24, 2.45) is 5.92 Å². The van der Waals surface area contributed by atoms with Crippen molar-refractivity contribution in [3.05, 3.63) is 30.3 Å². The highest BCUT2D eigenvalue weighted by molar-refractivity contribution is 5.74. The van der Waals surface area contributed by atoms with E-state index in [1.165, 1.54) is 5.69 Å². The average molecular weight is 389 g/mol. The van der Waals surface area contributed by atoms with Crippen molar-refractivity contribution in [1.82, 2.24) is 15.1 Å². The summed E-state index contributed by atoms with van der Waals surface area (Å²) in [5.41, 5.74) is 1.23. The number of rotatable bonds is 5. The summed E-state index contributed by atoms with van der Waals surface area (Å²) in [6, 6.07) is 10.8. The van der Waals surface area contributed by atoms with E-state index >= 15 is 0 Å². The molecule has 3 aliphatic rings. The van der Waals surface area contributed by atoms with Gasteiger partial charge in [-0.25, -0.2) is 4.79 Å². The molecule has 0 saturated carbocycles. The molecule has 1 aromatic rings. The number of carbonyl (C=O) groups is 1. The zero-order valence-corrected chi connectivity index (χ0v) is 16.6. The number of benzene rings is 1. The molecule has 1 N–H and O–H groups in total. The Morgan fingerprint density at radius 1 is 1.00 bits per heavy atom. The van der Waals surface area contributed by atoms with Gasteiger partial charge in [0.1, 0.15) is 0 Å². The Bertz CT molecular complexity index is 609. The molecule has 7 nitrogen and oxygen atoms in total. The second-order valence-corrected chi connectivity index (χ2v) is 7.84. The number of hydrogen-bond donors (Lipinski definition) is 1. The van der Waals surface area contributed by atoms with E-state index in [9.17, 15) is 4.79 Å². The number of amides is 2. The molecule has 7 heteroatoms. The van der Waals surface area contributed by atoms with Gasteiger partial charge in [0.05, 0.1) is 19.8 Å². The van der Waals surface area contributed by atoms with E-state index in [2.05, 4.69) is 39.4 Å². The summed E-state index contributed by atoms with van der Waals surface area (Å²) in [5, 5.41) is 3.21. The lowest BCUT2D eigenvalue weighted by atomic mass is 9.97. The van der Waals surface area contributed by atoms with E-state index in [4.69, 9.17) is 9.47 Å². The number of nitrogens with zero attached hydrogens (tertiary/aromatic N) is 3. The maximum absolute atomic E-state index is 12.8. The van der Waals surface area contributed by atoms with Gasteiger partial charge < -0.3 is 24.6 Å². The fourth-order valence-electron chi connectivity index (χ4n) is 4.47. The van der Waals surface area contributed by atoms with E-state index in [0.717, 1.165) is 72.1 Å². The SMILES string of the molecule is O=C(NCC(C1CCOC1)N1CCOCC1)N1CCN(c2ccccc2)CC1. The van der Waals surface area contributed by atoms with Crippen LogP contribution in [0.25, 0.3) is 0 Å². The molecule has 1 aromatic carbocycles. The number of para-hydroxylation sites is 1. The first kappa shape index (κ1) is 19.5. The normalized spacial score (nSPS) is 24.9. The molecular formula is C21H32N4O3. The van der Waals surface area contributed by atoms with Gasteiger partial charge >= 0.3 is 6.03 Å². The summed E-state index contributed by atoms with van der Waals surface area (Å²) in [4.78, 5) is 19.5. The molecule has 3 fully saturated rings. The van der Waals surface area contributed by atoms with Crippen LogP contribution in [0.1, 0.15) is 6.42 Å². The third-order valence-corrected chi connectivity index (χ3v) is 6.17. The van der Waals surface area contributed by atoms with Crippen LogP contribution >= 0.6 is 0 Å². The molecule has 0 spiro atoms. The van der Waals surface area contributed by atoms with Gasteiger partial charge in [-0.2, -0.15) is 0 Å². The monoisotopic (exact) mass is 388 g/mol. The minimum Gasteiger partial charge on any atom is -0.381 e. The average Bonchev–Trinajstić information content (AvgIpc) is 3.30. The van der Waals surface area contributed by atoms with Gasteiger partial charge in [-0.3, -0.25) is 4.90 Å². The highest BCUT2D eigenvalue weighted by atomic mass is 16.5. The van der Waals surface area contributed by atoms with Gasteiger partial charge in [-0.15, -0.1) is 0 Å². The third kappa shape index (κ3) is 4.77. The van der Waals surface area contributed by atoms with E-state index < -0.39 is 0 Å². The summed E-state index contributed by atoms with van der Waals surface area (Å²) >= 11 is 0. The zero-order chi connectivity index (χ0) is 19.2. The Morgan fingerprint density at radius 3 is 2.43 bits per heavy atom. The van der Waals surface area contributed by atoms with E-state index in [0.29, 0.717) is 18.5 Å². The largest absolute Gasteiger partial charge is 0.381 e. The number of morpholine rings is 1. The topological polar surface area (TPSA) is 57.3 Å². The number of ether oxygens (including phenoxy) is 2. The molecule has 3 aliphatic heterocycles. The lowest BCUT2D eigenvalue weighted by Gasteiger charge is -2.39. The summed E-state index contributed by atoms with van der Waals surface area (Å²) in [7, 11) is 0. The third-order valence-electron chi connectivity index (χ3n) is 6.17. The van der Waals surface area contributed by atoms with Crippen molar-refractivity contribution in [3.63, 3.8) is 0 Å². The molecule has 28 heavy (non-hydrogen) atoms. The number of piperazine rings is 1. The van der Waals surface area contributed by atoms with Crippen LogP contribution in [0.4, 0.5) is 10.5 Å². The molecule has 4 rings (SSSR count). The Labute approximate surface area is 167 Å². The van der Waals surface area contributed by atoms with Crippen LogP contribution in [0.3, 0.4) is 0 Å². The standard InChI is InChI=1S/C21H32N4O3/c26-21(25-9-7-23(8-10-25)19-4-2-1-3-5-19)22-16-20(18-6-13-28-17-18)24-11-14-27-15-12-24/h1-5,18,20H,6-17H2,(H,22,26). The zero-order valence-electron chi connectivity index (χ0n) is 16.6. The first-order chi connectivity index (χ1) is 13.8. The molecule has 0 radical (unpaired) electrons. The molecule has 0 bridgehead atoms. The summed E-state index contributed by atoms with van der Waals surface area (Å²) in [5.74, 6) is 0.494. The molecule has 2 unspecified atom stereocenters. The van der Waals surface area contributed by atoms with Crippen molar-refractivity contribution in [1.29, 1.82) is 0 Å². The second-order valence-electron chi connectivity index (χ2n) is 7.84. The number of hydrogen-bond acceptors (Lipinski definition) is 5. The Balaban J connectivity index is 1.27. The van der Waals surface area contributed by atoms with Gasteiger partial charge in [0.2, 0.25) is 0 Å². The van der Waals surface area contributed by atoms with Crippen LogP contribution in [0.2, 0.25) is 0 Å². The Kier molecular flexibility index (Phi) is 6.67. The predicted molar refractivity (Wildman–Crippen MR) is 109 cm³/mol. The smallest absolute Gasteiger partial charge is 0.317 e. The number of nitrogens with one attached hydrogen (secondary N) is 1. The lowest BCUT2D eigenvalue weighted by Crippen LogP contribution is -2.56. The molecule has 0 aromatic heterocycles. The van der Waals surface area contributed by atoms with Crippen LogP contribution in [-0.2, 0) is 9.47 Å². The van der Waals surface area contributed by atoms with Crippen LogP contribution in [-0.4, -0.2) is 94.1 Å². The van der Waals surface area contributed by atoms with Crippen LogP contribution in [0.5, 0.6) is 0 Å². The molecule has 0 aliphatic carbocycles. The van der Waals surface area contributed by atoms with Crippen LogP contribution in [0.15, 0.2) is 30.3 Å².